The SMILES string of the molecule is CC(=O)Nc1ccc(Sc2ccccc2O)cc1. The van der Waals surface area contributed by atoms with Gasteiger partial charge in [0.05, 0.1) is 4.90 Å². The zero-order valence-electron chi connectivity index (χ0n) is 9.88. The monoisotopic (exact) mass is 259 g/mol. The lowest BCUT2D eigenvalue weighted by Gasteiger charge is -2.05. The normalized spacial score (nSPS) is 10.1. The minimum absolute atomic E-state index is 0.0869. The fourth-order valence-corrected chi connectivity index (χ4v) is 2.33. The van der Waals surface area contributed by atoms with Crippen LogP contribution in [0.3, 0.4) is 0 Å². The summed E-state index contributed by atoms with van der Waals surface area (Å²) in [6.45, 7) is 1.48. The Labute approximate surface area is 110 Å². The van der Waals surface area contributed by atoms with Gasteiger partial charge >= 0.3 is 0 Å². The zero-order valence-corrected chi connectivity index (χ0v) is 10.7. The molecule has 18 heavy (non-hydrogen) atoms. The molecule has 0 aromatic heterocycles. The van der Waals surface area contributed by atoms with Crippen LogP contribution in [0, 0.1) is 0 Å². The van der Waals surface area contributed by atoms with Crippen molar-refractivity contribution in [3.8, 4) is 5.75 Å². The minimum Gasteiger partial charge on any atom is -0.507 e. The fourth-order valence-electron chi connectivity index (χ4n) is 1.48. The molecule has 2 N–H and O–H groups in total. The second-order valence-corrected chi connectivity index (χ2v) is 4.89. The molecule has 0 spiro atoms. The van der Waals surface area contributed by atoms with Crippen LogP contribution in [-0.2, 0) is 4.79 Å². The Hall–Kier alpha value is -1.94. The van der Waals surface area contributed by atoms with E-state index < -0.39 is 0 Å². The summed E-state index contributed by atoms with van der Waals surface area (Å²) < 4.78 is 0. The molecule has 0 aliphatic heterocycles. The second kappa shape index (κ2) is 5.60. The number of para-hydroxylation sites is 1. The highest BCUT2D eigenvalue weighted by atomic mass is 32.2. The van der Waals surface area contributed by atoms with E-state index in [0.29, 0.717) is 0 Å². The summed E-state index contributed by atoms with van der Waals surface area (Å²) in [5.74, 6) is 0.185. The van der Waals surface area contributed by atoms with E-state index in [2.05, 4.69) is 5.32 Å². The molecule has 0 aliphatic rings. The molecule has 0 radical (unpaired) electrons. The molecule has 2 rings (SSSR count). The highest BCUT2D eigenvalue weighted by Gasteiger charge is 2.02. The molecule has 2 aromatic carbocycles. The van der Waals surface area contributed by atoms with Gasteiger partial charge in [0.15, 0.2) is 0 Å². The molecule has 0 saturated heterocycles. The summed E-state index contributed by atoms with van der Waals surface area (Å²) in [6.07, 6.45) is 0. The van der Waals surface area contributed by atoms with Crippen molar-refractivity contribution < 1.29 is 9.90 Å². The molecule has 92 valence electrons. The number of carbonyl (C=O) groups excluding carboxylic acids is 1. The van der Waals surface area contributed by atoms with E-state index >= 15 is 0 Å². The van der Waals surface area contributed by atoms with Gasteiger partial charge in [-0.1, -0.05) is 23.9 Å². The highest BCUT2D eigenvalue weighted by Crippen LogP contribution is 2.34. The summed E-state index contributed by atoms with van der Waals surface area (Å²) in [5, 5.41) is 12.4. The minimum atomic E-state index is -0.0869. The highest BCUT2D eigenvalue weighted by molar-refractivity contribution is 7.99. The summed E-state index contributed by atoms with van der Waals surface area (Å²) in [4.78, 5) is 12.7. The van der Waals surface area contributed by atoms with Crippen molar-refractivity contribution in [2.24, 2.45) is 0 Å². The molecule has 0 heterocycles. The Kier molecular flexibility index (Phi) is 3.89. The van der Waals surface area contributed by atoms with Crippen LogP contribution < -0.4 is 5.32 Å². The maximum Gasteiger partial charge on any atom is 0.221 e. The van der Waals surface area contributed by atoms with Crippen molar-refractivity contribution in [3.63, 3.8) is 0 Å². The number of hydrogen-bond donors (Lipinski definition) is 2. The Bertz CT molecular complexity index is 552. The summed E-state index contributed by atoms with van der Waals surface area (Å²) in [6, 6.07) is 14.7. The van der Waals surface area contributed by atoms with E-state index in [4.69, 9.17) is 0 Å². The average Bonchev–Trinajstić information content (AvgIpc) is 2.34. The van der Waals surface area contributed by atoms with Crippen molar-refractivity contribution in [1.82, 2.24) is 0 Å². The second-order valence-electron chi connectivity index (χ2n) is 3.78. The first-order valence-electron chi connectivity index (χ1n) is 5.48. The van der Waals surface area contributed by atoms with E-state index in [1.54, 1.807) is 12.1 Å². The first-order chi connectivity index (χ1) is 8.65. The van der Waals surface area contributed by atoms with Gasteiger partial charge in [0.2, 0.25) is 5.91 Å². The molecule has 2 aromatic rings. The van der Waals surface area contributed by atoms with Crippen LogP contribution in [0.2, 0.25) is 0 Å². The van der Waals surface area contributed by atoms with Gasteiger partial charge in [-0.2, -0.15) is 0 Å². The first-order valence-corrected chi connectivity index (χ1v) is 6.30. The van der Waals surface area contributed by atoms with Crippen molar-refractivity contribution in [2.75, 3.05) is 5.32 Å². The molecule has 3 nitrogen and oxygen atoms in total. The maximum atomic E-state index is 10.9. The maximum absolute atomic E-state index is 10.9. The van der Waals surface area contributed by atoms with E-state index in [0.717, 1.165) is 15.5 Å². The van der Waals surface area contributed by atoms with Crippen molar-refractivity contribution in [1.29, 1.82) is 0 Å². The Morgan fingerprint density at radius 2 is 1.78 bits per heavy atom. The number of benzene rings is 2. The van der Waals surface area contributed by atoms with Crippen LogP contribution in [0.15, 0.2) is 58.3 Å². The molecule has 4 heteroatoms. The number of anilines is 1. The molecular weight excluding hydrogens is 246 g/mol. The van der Waals surface area contributed by atoms with Gasteiger partial charge in [-0.05, 0) is 36.4 Å². The molecule has 0 saturated carbocycles. The number of aromatic hydroxyl groups is 1. The van der Waals surface area contributed by atoms with E-state index in [9.17, 15) is 9.90 Å². The third kappa shape index (κ3) is 3.28. The summed E-state index contributed by atoms with van der Waals surface area (Å²) in [5.41, 5.74) is 0.768. The number of nitrogens with one attached hydrogen (secondary N) is 1. The predicted octanol–water partition coefficient (Wildman–Crippen LogP) is 3.50. The quantitative estimate of drug-likeness (QED) is 0.887. The van der Waals surface area contributed by atoms with E-state index in [-0.39, 0.29) is 11.7 Å². The van der Waals surface area contributed by atoms with E-state index in [1.807, 2.05) is 36.4 Å². The van der Waals surface area contributed by atoms with Crippen LogP contribution in [0.1, 0.15) is 6.92 Å². The molecule has 1 amide bonds. The summed E-state index contributed by atoms with van der Waals surface area (Å²) >= 11 is 1.48. The third-order valence-electron chi connectivity index (χ3n) is 2.27. The molecule has 0 atom stereocenters. The van der Waals surface area contributed by atoms with Crippen LogP contribution in [0.5, 0.6) is 5.75 Å². The lowest BCUT2D eigenvalue weighted by molar-refractivity contribution is -0.114. The van der Waals surface area contributed by atoms with Gasteiger partial charge in [0.1, 0.15) is 5.75 Å². The van der Waals surface area contributed by atoms with Gasteiger partial charge in [-0.3, -0.25) is 4.79 Å². The molecular formula is C14H13NO2S. The van der Waals surface area contributed by atoms with Crippen LogP contribution in [0.25, 0.3) is 0 Å². The predicted molar refractivity (Wildman–Crippen MR) is 73.0 cm³/mol. The Balaban J connectivity index is 2.11. The van der Waals surface area contributed by atoms with Crippen LogP contribution in [0.4, 0.5) is 5.69 Å². The number of phenolic OH excluding ortho intramolecular Hbond substituents is 1. The van der Waals surface area contributed by atoms with E-state index in [1.165, 1.54) is 18.7 Å². The number of hydrogen-bond acceptors (Lipinski definition) is 3. The molecule has 0 bridgehead atoms. The van der Waals surface area contributed by atoms with Gasteiger partial charge < -0.3 is 10.4 Å². The molecule has 0 fully saturated rings. The van der Waals surface area contributed by atoms with Gasteiger partial charge in [0, 0.05) is 17.5 Å². The van der Waals surface area contributed by atoms with Crippen molar-refractivity contribution in [3.05, 3.63) is 48.5 Å². The average molecular weight is 259 g/mol. The Morgan fingerprint density at radius 1 is 1.11 bits per heavy atom. The van der Waals surface area contributed by atoms with Gasteiger partial charge in [-0.25, -0.2) is 0 Å². The standard InChI is InChI=1S/C14H13NO2S/c1-10(16)15-11-6-8-12(9-7-11)18-14-5-3-2-4-13(14)17/h2-9,17H,1H3,(H,15,16). The number of rotatable bonds is 3. The van der Waals surface area contributed by atoms with Crippen molar-refractivity contribution in [2.45, 2.75) is 16.7 Å². The lowest BCUT2D eigenvalue weighted by atomic mass is 10.3. The van der Waals surface area contributed by atoms with Crippen LogP contribution in [-0.4, -0.2) is 11.0 Å². The molecule has 0 aliphatic carbocycles. The zero-order chi connectivity index (χ0) is 13.0. The summed E-state index contributed by atoms with van der Waals surface area (Å²) in [7, 11) is 0. The van der Waals surface area contributed by atoms with Crippen molar-refractivity contribution >= 4 is 23.4 Å². The number of amides is 1. The van der Waals surface area contributed by atoms with Gasteiger partial charge in [0.25, 0.3) is 0 Å². The fraction of sp³-hybridized carbons (Fsp3) is 0.0714. The number of phenols is 1. The third-order valence-corrected chi connectivity index (χ3v) is 3.34. The molecule has 0 unspecified atom stereocenters. The lowest BCUT2D eigenvalue weighted by Crippen LogP contribution is -2.05. The topological polar surface area (TPSA) is 49.3 Å². The van der Waals surface area contributed by atoms with Crippen LogP contribution >= 0.6 is 11.8 Å². The van der Waals surface area contributed by atoms with Gasteiger partial charge in [-0.15, -0.1) is 0 Å². The Morgan fingerprint density at radius 3 is 2.39 bits per heavy atom. The number of carbonyl (C=O) groups is 1. The largest absolute Gasteiger partial charge is 0.507 e. The first kappa shape index (κ1) is 12.5. The smallest absolute Gasteiger partial charge is 0.221 e.